The summed E-state index contributed by atoms with van der Waals surface area (Å²) >= 11 is 0. The first-order valence-corrected chi connectivity index (χ1v) is 10.7. The molecule has 2 amide bonds. The molecule has 1 aliphatic heterocycles. The lowest BCUT2D eigenvalue weighted by molar-refractivity contribution is -0.117. The molecule has 1 aliphatic rings. The Morgan fingerprint density at radius 3 is 2.31 bits per heavy atom. The van der Waals surface area contributed by atoms with Crippen LogP contribution >= 0.6 is 0 Å². The zero-order chi connectivity index (χ0) is 22.2. The SMILES string of the molecule is O=C(CN1CCN(C(=O)c2ccccc2/C=C/c2ccccn2)CC1)Nc1ccccc1. The molecule has 0 spiro atoms. The van der Waals surface area contributed by atoms with Gasteiger partial charge in [0.05, 0.1) is 12.2 Å². The maximum absolute atomic E-state index is 13.2. The average molecular weight is 427 g/mol. The zero-order valence-electron chi connectivity index (χ0n) is 17.9. The van der Waals surface area contributed by atoms with Crippen LogP contribution in [0.4, 0.5) is 5.69 Å². The van der Waals surface area contributed by atoms with Crippen molar-refractivity contribution in [3.05, 3.63) is 95.8 Å². The topological polar surface area (TPSA) is 65.5 Å². The molecule has 0 aliphatic carbocycles. The molecule has 2 heterocycles. The van der Waals surface area contributed by atoms with Gasteiger partial charge >= 0.3 is 0 Å². The Balaban J connectivity index is 1.34. The molecule has 1 fully saturated rings. The van der Waals surface area contributed by atoms with Gasteiger partial charge in [-0.15, -0.1) is 0 Å². The van der Waals surface area contributed by atoms with E-state index in [0.29, 0.717) is 38.3 Å². The summed E-state index contributed by atoms with van der Waals surface area (Å²) in [5, 5.41) is 2.91. The van der Waals surface area contributed by atoms with Crippen LogP contribution in [0, 0.1) is 0 Å². The van der Waals surface area contributed by atoms with Crippen molar-refractivity contribution in [2.24, 2.45) is 0 Å². The van der Waals surface area contributed by atoms with Crippen molar-refractivity contribution in [1.29, 1.82) is 0 Å². The van der Waals surface area contributed by atoms with E-state index in [1.807, 2.05) is 89.8 Å². The number of hydrogen-bond acceptors (Lipinski definition) is 4. The molecule has 3 aromatic rings. The fourth-order valence-electron chi connectivity index (χ4n) is 3.69. The Labute approximate surface area is 188 Å². The van der Waals surface area contributed by atoms with E-state index in [-0.39, 0.29) is 11.8 Å². The number of carbonyl (C=O) groups excluding carboxylic acids is 2. The van der Waals surface area contributed by atoms with Crippen molar-refractivity contribution in [3.63, 3.8) is 0 Å². The molecule has 0 atom stereocenters. The Kier molecular flexibility index (Phi) is 7.05. The first-order valence-electron chi connectivity index (χ1n) is 10.7. The van der Waals surface area contributed by atoms with Crippen LogP contribution in [-0.4, -0.2) is 59.3 Å². The van der Waals surface area contributed by atoms with Crippen molar-refractivity contribution in [2.45, 2.75) is 0 Å². The quantitative estimate of drug-likeness (QED) is 0.654. The zero-order valence-corrected chi connectivity index (χ0v) is 17.9. The molecular weight excluding hydrogens is 400 g/mol. The molecule has 2 aromatic carbocycles. The van der Waals surface area contributed by atoms with Gasteiger partial charge in [-0.25, -0.2) is 0 Å². The van der Waals surface area contributed by atoms with E-state index in [9.17, 15) is 9.59 Å². The predicted molar refractivity (Wildman–Crippen MR) is 127 cm³/mol. The van der Waals surface area contributed by atoms with Crippen LogP contribution in [0.25, 0.3) is 12.2 Å². The van der Waals surface area contributed by atoms with Gasteiger partial charge in [0.2, 0.25) is 5.91 Å². The lowest BCUT2D eigenvalue weighted by atomic mass is 10.0. The summed E-state index contributed by atoms with van der Waals surface area (Å²) in [4.78, 5) is 33.7. The summed E-state index contributed by atoms with van der Waals surface area (Å²) in [5.74, 6) is -0.0272. The lowest BCUT2D eigenvalue weighted by Crippen LogP contribution is -2.50. The molecule has 6 nitrogen and oxygen atoms in total. The van der Waals surface area contributed by atoms with Gasteiger partial charge < -0.3 is 10.2 Å². The number of anilines is 1. The number of benzene rings is 2. The number of hydrogen-bond donors (Lipinski definition) is 1. The molecule has 162 valence electrons. The lowest BCUT2D eigenvalue weighted by Gasteiger charge is -2.34. The number of piperazine rings is 1. The van der Waals surface area contributed by atoms with Gasteiger partial charge in [-0.3, -0.25) is 19.5 Å². The highest BCUT2D eigenvalue weighted by Gasteiger charge is 2.24. The summed E-state index contributed by atoms with van der Waals surface area (Å²) in [6.45, 7) is 2.84. The van der Waals surface area contributed by atoms with Crippen molar-refractivity contribution >= 4 is 29.7 Å². The summed E-state index contributed by atoms with van der Waals surface area (Å²) in [6.07, 6.45) is 5.59. The van der Waals surface area contributed by atoms with Crippen molar-refractivity contribution in [1.82, 2.24) is 14.8 Å². The van der Waals surface area contributed by atoms with Crippen molar-refractivity contribution in [2.75, 3.05) is 38.0 Å². The minimum atomic E-state index is -0.0408. The third kappa shape index (κ3) is 5.68. The largest absolute Gasteiger partial charge is 0.336 e. The fourth-order valence-corrected chi connectivity index (χ4v) is 3.69. The molecule has 0 radical (unpaired) electrons. The maximum atomic E-state index is 13.2. The van der Waals surface area contributed by atoms with Crippen molar-refractivity contribution < 1.29 is 9.59 Å². The minimum Gasteiger partial charge on any atom is -0.336 e. The summed E-state index contributed by atoms with van der Waals surface area (Å²) < 4.78 is 0. The van der Waals surface area contributed by atoms with Crippen LogP contribution in [0.3, 0.4) is 0 Å². The maximum Gasteiger partial charge on any atom is 0.254 e. The molecule has 1 N–H and O–H groups in total. The standard InChI is InChI=1S/C26H26N4O2/c31-25(28-23-10-2-1-3-11-23)20-29-16-18-30(19-17-29)26(32)24-12-5-4-8-21(24)13-14-22-9-6-7-15-27-22/h1-15H,16-20H2,(H,28,31)/b14-13+. The van der Waals surface area contributed by atoms with Gasteiger partial charge in [0.1, 0.15) is 0 Å². The van der Waals surface area contributed by atoms with Crippen molar-refractivity contribution in [3.8, 4) is 0 Å². The molecule has 32 heavy (non-hydrogen) atoms. The van der Waals surface area contributed by atoms with Gasteiger partial charge in [0, 0.05) is 43.6 Å². The number of rotatable bonds is 6. The van der Waals surface area contributed by atoms with E-state index in [4.69, 9.17) is 0 Å². The highest BCUT2D eigenvalue weighted by atomic mass is 16.2. The second kappa shape index (κ2) is 10.5. The van der Waals surface area contributed by atoms with Crippen LogP contribution in [0.1, 0.15) is 21.6 Å². The molecule has 0 unspecified atom stereocenters. The van der Waals surface area contributed by atoms with E-state index >= 15 is 0 Å². The van der Waals surface area contributed by atoms with Gasteiger partial charge in [0.15, 0.2) is 0 Å². The van der Waals surface area contributed by atoms with Gasteiger partial charge in [-0.05, 0) is 42.0 Å². The van der Waals surface area contributed by atoms with E-state index in [1.54, 1.807) is 6.20 Å². The van der Waals surface area contributed by atoms with E-state index in [0.717, 1.165) is 16.9 Å². The second-order valence-electron chi connectivity index (χ2n) is 7.66. The van der Waals surface area contributed by atoms with Gasteiger partial charge in [0.25, 0.3) is 5.91 Å². The molecule has 4 rings (SSSR count). The van der Waals surface area contributed by atoms with Crippen LogP contribution in [-0.2, 0) is 4.79 Å². The van der Waals surface area contributed by atoms with E-state index in [2.05, 4.69) is 15.2 Å². The Bertz CT molecular complexity index is 1080. The Morgan fingerprint density at radius 2 is 1.56 bits per heavy atom. The van der Waals surface area contributed by atoms with Crippen LogP contribution in [0.5, 0.6) is 0 Å². The number of amides is 2. The molecule has 1 saturated heterocycles. The normalized spacial score (nSPS) is 14.4. The third-order valence-corrected chi connectivity index (χ3v) is 5.40. The summed E-state index contributed by atoms with van der Waals surface area (Å²) in [5.41, 5.74) is 3.18. The predicted octanol–water partition coefficient (Wildman–Crippen LogP) is 3.65. The van der Waals surface area contributed by atoms with Gasteiger partial charge in [-0.2, -0.15) is 0 Å². The molecular formula is C26H26N4O2. The van der Waals surface area contributed by atoms with Gasteiger partial charge in [-0.1, -0.05) is 48.5 Å². The first-order chi connectivity index (χ1) is 15.7. The summed E-state index contributed by atoms with van der Waals surface area (Å²) in [6, 6.07) is 22.8. The minimum absolute atomic E-state index is 0.0136. The van der Waals surface area contributed by atoms with Crippen LogP contribution in [0.15, 0.2) is 79.0 Å². The van der Waals surface area contributed by atoms with Crippen LogP contribution in [0.2, 0.25) is 0 Å². The third-order valence-electron chi connectivity index (χ3n) is 5.40. The number of aromatic nitrogens is 1. The van der Waals surface area contributed by atoms with E-state index in [1.165, 1.54) is 0 Å². The number of nitrogens with zero attached hydrogens (tertiary/aromatic N) is 3. The summed E-state index contributed by atoms with van der Waals surface area (Å²) in [7, 11) is 0. The number of nitrogens with one attached hydrogen (secondary N) is 1. The van der Waals surface area contributed by atoms with Crippen LogP contribution < -0.4 is 5.32 Å². The Morgan fingerprint density at radius 1 is 0.844 bits per heavy atom. The Hall–Kier alpha value is -3.77. The van der Waals surface area contributed by atoms with E-state index < -0.39 is 0 Å². The molecule has 1 aromatic heterocycles. The number of carbonyl (C=O) groups is 2. The molecule has 6 heteroatoms. The highest BCUT2D eigenvalue weighted by molar-refractivity contribution is 5.98. The monoisotopic (exact) mass is 426 g/mol. The smallest absolute Gasteiger partial charge is 0.254 e. The first kappa shape index (κ1) is 21.5. The fraction of sp³-hybridized carbons (Fsp3) is 0.192. The highest BCUT2D eigenvalue weighted by Crippen LogP contribution is 2.16. The molecule has 0 saturated carbocycles. The average Bonchev–Trinajstić information content (AvgIpc) is 2.84. The number of pyridine rings is 1. The second-order valence-corrected chi connectivity index (χ2v) is 7.66. The molecule has 0 bridgehead atoms. The number of para-hydroxylation sites is 1.